The van der Waals surface area contributed by atoms with Gasteiger partial charge >= 0.3 is 0 Å². The number of carbonyl (C=O) groups excluding carboxylic acids is 1. The molecule has 0 atom stereocenters. The second kappa shape index (κ2) is 8.62. The average molecular weight is 447 g/mol. The molecule has 0 N–H and O–H groups in total. The molecular formula is C17H16Cl2N2O4S2. The summed E-state index contributed by atoms with van der Waals surface area (Å²) in [4.78, 5) is 17.4. The lowest BCUT2D eigenvalue weighted by Crippen LogP contribution is -2.19. The highest BCUT2D eigenvalue weighted by Gasteiger charge is 2.16. The van der Waals surface area contributed by atoms with Crippen LogP contribution in [0.15, 0.2) is 23.2 Å². The number of aromatic nitrogens is 1. The second-order valence-electron chi connectivity index (χ2n) is 5.36. The van der Waals surface area contributed by atoms with Gasteiger partial charge in [0.05, 0.1) is 40.9 Å². The number of amides is 1. The van der Waals surface area contributed by atoms with Crippen molar-refractivity contribution in [1.29, 1.82) is 0 Å². The number of carbonyl (C=O) groups is 1. The number of fused-ring (bicyclic) bond motifs is 1. The van der Waals surface area contributed by atoms with E-state index in [4.69, 9.17) is 37.4 Å². The van der Waals surface area contributed by atoms with Crippen LogP contribution in [0, 0.1) is 0 Å². The number of halogens is 2. The number of methoxy groups -OCH3 is 3. The number of benzene rings is 1. The Morgan fingerprint density at radius 3 is 2.41 bits per heavy atom. The number of nitrogens with zero attached hydrogens (tertiary/aromatic N) is 2. The van der Waals surface area contributed by atoms with Gasteiger partial charge in [0, 0.05) is 25.8 Å². The molecule has 27 heavy (non-hydrogen) atoms. The van der Waals surface area contributed by atoms with Crippen molar-refractivity contribution in [2.75, 3.05) is 27.9 Å². The Bertz CT molecular complexity index is 1060. The molecule has 0 bridgehead atoms. The zero-order valence-electron chi connectivity index (χ0n) is 14.7. The molecule has 10 heteroatoms. The molecule has 1 aromatic carbocycles. The fraction of sp³-hybridized carbons (Fsp3) is 0.294. The van der Waals surface area contributed by atoms with Gasteiger partial charge in [-0.2, -0.15) is 4.99 Å². The summed E-state index contributed by atoms with van der Waals surface area (Å²) in [7, 11) is 4.77. The Morgan fingerprint density at radius 1 is 1.11 bits per heavy atom. The predicted octanol–water partition coefficient (Wildman–Crippen LogP) is 4.48. The van der Waals surface area contributed by atoms with Crippen molar-refractivity contribution in [3.63, 3.8) is 0 Å². The van der Waals surface area contributed by atoms with E-state index < -0.39 is 5.91 Å². The highest BCUT2D eigenvalue weighted by atomic mass is 35.5. The van der Waals surface area contributed by atoms with E-state index >= 15 is 0 Å². The van der Waals surface area contributed by atoms with Crippen molar-refractivity contribution >= 4 is 62.0 Å². The molecule has 0 saturated heterocycles. The third-order valence-corrected chi connectivity index (χ3v) is 6.32. The minimum atomic E-state index is -0.445. The molecule has 0 fully saturated rings. The van der Waals surface area contributed by atoms with Crippen LogP contribution < -0.4 is 14.3 Å². The quantitative estimate of drug-likeness (QED) is 0.559. The maximum absolute atomic E-state index is 12.6. The zero-order valence-corrected chi connectivity index (χ0v) is 17.9. The Labute approximate surface area is 173 Å². The summed E-state index contributed by atoms with van der Waals surface area (Å²) < 4.78 is 19.5. The molecule has 0 aliphatic carbocycles. The van der Waals surface area contributed by atoms with Gasteiger partial charge in [0.15, 0.2) is 16.3 Å². The van der Waals surface area contributed by atoms with E-state index in [1.165, 1.54) is 17.4 Å². The van der Waals surface area contributed by atoms with Gasteiger partial charge < -0.3 is 18.8 Å². The molecule has 0 radical (unpaired) electrons. The van der Waals surface area contributed by atoms with E-state index in [2.05, 4.69) is 4.99 Å². The molecule has 3 rings (SSSR count). The lowest BCUT2D eigenvalue weighted by Gasteiger charge is -2.09. The molecule has 0 saturated carbocycles. The summed E-state index contributed by atoms with van der Waals surface area (Å²) in [5.41, 5.74) is 1.16. The number of hydrogen-bond acceptors (Lipinski definition) is 6. The lowest BCUT2D eigenvalue weighted by molar-refractivity contribution is 0.0998. The smallest absolute Gasteiger partial charge is 0.282 e. The molecule has 2 heterocycles. The van der Waals surface area contributed by atoms with Gasteiger partial charge in [-0.3, -0.25) is 4.79 Å². The third-order valence-electron chi connectivity index (χ3n) is 3.79. The van der Waals surface area contributed by atoms with E-state index in [0.29, 0.717) is 38.1 Å². The van der Waals surface area contributed by atoms with Crippen LogP contribution in [0.4, 0.5) is 0 Å². The first-order chi connectivity index (χ1) is 13.0. The zero-order chi connectivity index (χ0) is 19.6. The van der Waals surface area contributed by atoms with Gasteiger partial charge in [0.2, 0.25) is 0 Å². The maximum atomic E-state index is 12.6. The van der Waals surface area contributed by atoms with Gasteiger partial charge in [0.1, 0.15) is 4.34 Å². The third kappa shape index (κ3) is 4.14. The van der Waals surface area contributed by atoms with Crippen LogP contribution in [-0.2, 0) is 11.3 Å². The van der Waals surface area contributed by atoms with Crippen molar-refractivity contribution in [2.24, 2.45) is 4.99 Å². The van der Waals surface area contributed by atoms with Gasteiger partial charge in [-0.15, -0.1) is 11.3 Å². The Balaban J connectivity index is 2.18. The summed E-state index contributed by atoms with van der Waals surface area (Å²) >= 11 is 14.5. The highest BCUT2D eigenvalue weighted by molar-refractivity contribution is 7.20. The fourth-order valence-electron chi connectivity index (χ4n) is 2.51. The molecule has 0 aliphatic heterocycles. The monoisotopic (exact) mass is 446 g/mol. The molecule has 1 amide bonds. The van der Waals surface area contributed by atoms with Crippen molar-refractivity contribution in [1.82, 2.24) is 4.57 Å². The summed E-state index contributed by atoms with van der Waals surface area (Å²) in [6, 6.07) is 5.25. The van der Waals surface area contributed by atoms with E-state index in [0.717, 1.165) is 21.6 Å². The van der Waals surface area contributed by atoms with Crippen molar-refractivity contribution < 1.29 is 19.0 Å². The Morgan fingerprint density at radius 2 is 1.81 bits per heavy atom. The average Bonchev–Trinajstić information content (AvgIpc) is 3.16. The topological polar surface area (TPSA) is 62.1 Å². The minimum Gasteiger partial charge on any atom is -0.493 e. The first-order valence-electron chi connectivity index (χ1n) is 7.76. The molecular weight excluding hydrogens is 431 g/mol. The number of thiazole rings is 1. The van der Waals surface area contributed by atoms with Crippen molar-refractivity contribution in [3.8, 4) is 11.5 Å². The minimum absolute atomic E-state index is 0.289. The molecule has 6 nitrogen and oxygen atoms in total. The van der Waals surface area contributed by atoms with Crippen LogP contribution >= 0.6 is 45.9 Å². The maximum Gasteiger partial charge on any atom is 0.282 e. The van der Waals surface area contributed by atoms with E-state index in [9.17, 15) is 4.79 Å². The molecule has 0 spiro atoms. The molecule has 0 aliphatic rings. The Kier molecular flexibility index (Phi) is 6.44. The lowest BCUT2D eigenvalue weighted by atomic mass is 10.3. The van der Waals surface area contributed by atoms with E-state index in [1.54, 1.807) is 21.3 Å². The van der Waals surface area contributed by atoms with Crippen molar-refractivity contribution in [3.05, 3.63) is 37.2 Å². The number of rotatable bonds is 6. The largest absolute Gasteiger partial charge is 0.493 e. The second-order valence-corrected chi connectivity index (χ2v) is 8.65. The predicted molar refractivity (Wildman–Crippen MR) is 109 cm³/mol. The van der Waals surface area contributed by atoms with Crippen LogP contribution in [0.5, 0.6) is 11.5 Å². The molecule has 2 aromatic heterocycles. The summed E-state index contributed by atoms with van der Waals surface area (Å²) in [5, 5.41) is 0. The number of hydrogen-bond donors (Lipinski definition) is 0. The van der Waals surface area contributed by atoms with Crippen LogP contribution in [0.1, 0.15) is 10.4 Å². The fourth-order valence-corrected chi connectivity index (χ4v) is 5.03. The summed E-state index contributed by atoms with van der Waals surface area (Å²) in [5.74, 6) is 0.759. The first kappa shape index (κ1) is 20.2. The number of ether oxygens (including phenoxy) is 3. The van der Waals surface area contributed by atoms with Crippen LogP contribution in [-0.4, -0.2) is 38.4 Å². The van der Waals surface area contributed by atoms with Crippen LogP contribution in [0.2, 0.25) is 8.67 Å². The SMILES string of the molecule is COCCn1c(=NC(=O)c2cc(Cl)sc2Cl)sc2cc(OC)c(OC)cc21. The van der Waals surface area contributed by atoms with Gasteiger partial charge in [-0.25, -0.2) is 0 Å². The highest BCUT2D eigenvalue weighted by Crippen LogP contribution is 2.34. The number of thiophene rings is 1. The summed E-state index contributed by atoms with van der Waals surface area (Å²) in [6.45, 7) is 0.989. The first-order valence-corrected chi connectivity index (χ1v) is 10.2. The molecule has 3 aromatic rings. The molecule has 144 valence electrons. The van der Waals surface area contributed by atoms with Crippen LogP contribution in [0.25, 0.3) is 10.2 Å². The summed E-state index contributed by atoms with van der Waals surface area (Å²) in [6.07, 6.45) is 0. The Hall–Kier alpha value is -1.58. The van der Waals surface area contributed by atoms with E-state index in [1.807, 2.05) is 16.7 Å². The normalized spacial score (nSPS) is 12.0. The molecule has 0 unspecified atom stereocenters. The van der Waals surface area contributed by atoms with Gasteiger partial charge in [0.25, 0.3) is 5.91 Å². The van der Waals surface area contributed by atoms with Gasteiger partial charge in [-0.05, 0) is 6.07 Å². The van der Waals surface area contributed by atoms with Crippen molar-refractivity contribution in [2.45, 2.75) is 6.54 Å². The van der Waals surface area contributed by atoms with Gasteiger partial charge in [-0.1, -0.05) is 34.5 Å². The standard InChI is InChI=1S/C17H16Cl2N2O4S2/c1-23-5-4-21-10-7-11(24-2)12(25-3)8-13(10)26-17(21)20-16(22)9-6-14(18)27-15(9)19/h6-8H,4-5H2,1-3H3. The van der Waals surface area contributed by atoms with E-state index in [-0.39, 0.29) is 5.56 Å². The van der Waals surface area contributed by atoms with Crippen LogP contribution in [0.3, 0.4) is 0 Å².